The van der Waals surface area contributed by atoms with Gasteiger partial charge in [-0.15, -0.1) is 0 Å². The van der Waals surface area contributed by atoms with Crippen LogP contribution in [-0.2, 0) is 22.2 Å². The summed E-state index contributed by atoms with van der Waals surface area (Å²) in [6.07, 6.45) is 0. The van der Waals surface area contributed by atoms with Gasteiger partial charge in [-0.25, -0.2) is 4.79 Å². The van der Waals surface area contributed by atoms with E-state index in [1.165, 1.54) is 18.2 Å². The number of ether oxygens (including phenoxy) is 3. The van der Waals surface area contributed by atoms with Crippen molar-refractivity contribution in [1.29, 1.82) is 0 Å². The first-order valence-corrected chi connectivity index (χ1v) is 14.1. The Balaban J connectivity index is 0.000000231. The van der Waals surface area contributed by atoms with Gasteiger partial charge in [-0.3, -0.25) is 0 Å². The van der Waals surface area contributed by atoms with Gasteiger partial charge in [0.15, 0.2) is 0 Å². The van der Waals surface area contributed by atoms with Crippen LogP contribution in [0.25, 0.3) is 22.3 Å². The van der Waals surface area contributed by atoms with E-state index in [0.29, 0.717) is 5.56 Å². The minimum atomic E-state index is -0.317. The molecule has 42 heavy (non-hydrogen) atoms. The van der Waals surface area contributed by atoms with Crippen LogP contribution < -0.4 is 9.47 Å². The van der Waals surface area contributed by atoms with Gasteiger partial charge < -0.3 is 19.3 Å². The molecule has 0 heterocycles. The van der Waals surface area contributed by atoms with Gasteiger partial charge in [0, 0.05) is 0 Å². The summed E-state index contributed by atoms with van der Waals surface area (Å²) in [4.78, 5) is 11.8. The molecule has 0 atom stereocenters. The number of aliphatic hydroxyl groups excluding tert-OH is 1. The lowest BCUT2D eigenvalue weighted by Gasteiger charge is -2.24. The highest BCUT2D eigenvalue weighted by molar-refractivity contribution is 5.91. The highest BCUT2D eigenvalue weighted by Gasteiger charge is 2.22. The number of esters is 1. The largest absolute Gasteiger partial charge is 0.497 e. The van der Waals surface area contributed by atoms with Crippen molar-refractivity contribution in [1.82, 2.24) is 0 Å². The zero-order valence-corrected chi connectivity index (χ0v) is 26.4. The van der Waals surface area contributed by atoms with Gasteiger partial charge >= 0.3 is 5.97 Å². The van der Waals surface area contributed by atoms with E-state index in [0.717, 1.165) is 39.3 Å². The summed E-state index contributed by atoms with van der Waals surface area (Å²) >= 11 is 0. The predicted molar refractivity (Wildman–Crippen MR) is 172 cm³/mol. The molecule has 0 aliphatic carbocycles. The molecule has 4 aromatic carbocycles. The van der Waals surface area contributed by atoms with E-state index in [1.54, 1.807) is 20.3 Å². The lowest BCUT2D eigenvalue weighted by Crippen LogP contribution is -2.14. The first-order chi connectivity index (χ1) is 19.8. The van der Waals surface area contributed by atoms with Crippen LogP contribution in [0.2, 0.25) is 0 Å². The van der Waals surface area contributed by atoms with Gasteiger partial charge in [0.25, 0.3) is 0 Å². The van der Waals surface area contributed by atoms with E-state index in [2.05, 4.69) is 59.7 Å². The maximum Gasteiger partial charge on any atom is 0.337 e. The molecule has 4 rings (SSSR count). The van der Waals surface area contributed by atoms with Gasteiger partial charge in [-0.2, -0.15) is 0 Å². The molecule has 1 N–H and O–H groups in total. The summed E-state index contributed by atoms with van der Waals surface area (Å²) in [6, 6.07) is 27.9. The van der Waals surface area contributed by atoms with Crippen molar-refractivity contribution in [2.45, 2.75) is 59.0 Å². The van der Waals surface area contributed by atoms with E-state index in [-0.39, 0.29) is 23.4 Å². The van der Waals surface area contributed by atoms with E-state index in [4.69, 9.17) is 14.2 Å². The number of hydrogen-bond donors (Lipinski definition) is 1. The Labute approximate surface area is 251 Å². The van der Waals surface area contributed by atoms with Crippen molar-refractivity contribution in [3.8, 4) is 33.8 Å². The third kappa shape index (κ3) is 8.01. The Morgan fingerprint density at radius 3 is 1.55 bits per heavy atom. The average molecular weight is 569 g/mol. The molecule has 222 valence electrons. The van der Waals surface area contributed by atoms with Crippen molar-refractivity contribution < 1.29 is 24.1 Å². The maximum absolute atomic E-state index is 11.8. The average Bonchev–Trinajstić information content (AvgIpc) is 2.99. The minimum absolute atomic E-state index is 0.0175. The summed E-state index contributed by atoms with van der Waals surface area (Å²) < 4.78 is 15.4. The normalized spacial score (nSPS) is 11.3. The van der Waals surface area contributed by atoms with Crippen LogP contribution in [0.5, 0.6) is 11.5 Å². The van der Waals surface area contributed by atoms with Crippen molar-refractivity contribution in [3.05, 3.63) is 107 Å². The first-order valence-electron chi connectivity index (χ1n) is 14.1. The molecular formula is C37H44O5. The fourth-order valence-corrected chi connectivity index (χ4v) is 4.80. The topological polar surface area (TPSA) is 65.0 Å². The van der Waals surface area contributed by atoms with Gasteiger partial charge in [0.1, 0.15) is 11.5 Å². The Morgan fingerprint density at radius 2 is 1.12 bits per heavy atom. The molecule has 0 spiro atoms. The molecule has 0 saturated heterocycles. The van der Waals surface area contributed by atoms with Gasteiger partial charge in [-0.1, -0.05) is 90.1 Å². The number of methoxy groups -OCH3 is 3. The van der Waals surface area contributed by atoms with Crippen LogP contribution in [0, 0.1) is 0 Å². The van der Waals surface area contributed by atoms with Gasteiger partial charge in [0.05, 0.1) is 33.5 Å². The van der Waals surface area contributed by atoms with Crippen LogP contribution in [0.1, 0.15) is 68.6 Å². The number of benzene rings is 4. The molecule has 5 nitrogen and oxygen atoms in total. The standard InChI is InChI=1S/C19H22O3.C18H22O2/c1-19(2,3)17-12-14(18(20)22-5)9-10-16(17)13-7-6-8-15(11-13)21-4;1-18(2,3)17-10-13(12-19)8-9-16(17)14-6-5-7-15(11-14)20-4/h6-12H,1-5H3;5-11,19H,12H2,1-4H3. The molecule has 0 amide bonds. The summed E-state index contributed by atoms with van der Waals surface area (Å²) in [5, 5.41) is 9.35. The third-order valence-corrected chi connectivity index (χ3v) is 7.08. The van der Waals surface area contributed by atoms with Crippen molar-refractivity contribution in [2.75, 3.05) is 21.3 Å². The number of carbonyl (C=O) groups is 1. The van der Waals surface area contributed by atoms with Crippen molar-refractivity contribution in [2.24, 2.45) is 0 Å². The zero-order valence-electron chi connectivity index (χ0n) is 26.4. The number of aliphatic hydroxyl groups is 1. The smallest absolute Gasteiger partial charge is 0.337 e. The summed E-state index contributed by atoms with van der Waals surface area (Å²) in [7, 11) is 4.73. The monoisotopic (exact) mass is 568 g/mol. The third-order valence-electron chi connectivity index (χ3n) is 7.08. The number of rotatable bonds is 6. The zero-order chi connectivity index (χ0) is 31.1. The lowest BCUT2D eigenvalue weighted by atomic mass is 9.81. The molecule has 0 unspecified atom stereocenters. The molecular weight excluding hydrogens is 524 g/mol. The molecule has 0 fully saturated rings. The van der Waals surface area contributed by atoms with E-state index < -0.39 is 0 Å². The van der Waals surface area contributed by atoms with Gasteiger partial charge in [0.2, 0.25) is 0 Å². The fourth-order valence-electron chi connectivity index (χ4n) is 4.80. The Bertz CT molecular complexity index is 1510. The van der Waals surface area contributed by atoms with E-state index >= 15 is 0 Å². The summed E-state index contributed by atoms with van der Waals surface area (Å²) in [6.45, 7) is 13.0. The predicted octanol–water partition coefficient (Wildman–Crippen LogP) is 8.60. The first kappa shape index (κ1) is 32.4. The van der Waals surface area contributed by atoms with Crippen LogP contribution in [0.15, 0.2) is 84.9 Å². The maximum atomic E-state index is 11.8. The second-order valence-electron chi connectivity index (χ2n) is 12.3. The quantitative estimate of drug-likeness (QED) is 0.236. The van der Waals surface area contributed by atoms with Crippen LogP contribution in [-0.4, -0.2) is 32.4 Å². The van der Waals surface area contributed by atoms with Gasteiger partial charge in [-0.05, 0) is 86.2 Å². The minimum Gasteiger partial charge on any atom is -0.497 e. The fraction of sp³-hybridized carbons (Fsp3) is 0.324. The lowest BCUT2D eigenvalue weighted by molar-refractivity contribution is 0.0600. The Hall–Kier alpha value is -4.09. The van der Waals surface area contributed by atoms with E-state index in [1.807, 2.05) is 60.7 Å². The van der Waals surface area contributed by atoms with E-state index in [9.17, 15) is 9.90 Å². The summed E-state index contributed by atoms with van der Waals surface area (Å²) in [5.41, 5.74) is 8.26. The van der Waals surface area contributed by atoms with Crippen LogP contribution >= 0.6 is 0 Å². The molecule has 0 aliphatic rings. The van der Waals surface area contributed by atoms with Crippen LogP contribution in [0.4, 0.5) is 0 Å². The molecule has 0 aliphatic heterocycles. The second-order valence-corrected chi connectivity index (χ2v) is 12.3. The number of hydrogen-bond acceptors (Lipinski definition) is 5. The highest BCUT2D eigenvalue weighted by Crippen LogP contribution is 2.36. The number of carbonyl (C=O) groups excluding carboxylic acids is 1. The summed E-state index contributed by atoms with van der Waals surface area (Å²) in [5.74, 6) is 1.35. The highest BCUT2D eigenvalue weighted by atomic mass is 16.5. The molecule has 0 saturated carbocycles. The Kier molecular flexibility index (Phi) is 10.6. The molecule has 4 aromatic rings. The molecule has 0 aromatic heterocycles. The van der Waals surface area contributed by atoms with Crippen LogP contribution in [0.3, 0.4) is 0 Å². The molecule has 5 heteroatoms. The van der Waals surface area contributed by atoms with Crippen molar-refractivity contribution in [3.63, 3.8) is 0 Å². The van der Waals surface area contributed by atoms with Crippen molar-refractivity contribution >= 4 is 5.97 Å². The second kappa shape index (κ2) is 13.7. The molecule has 0 bridgehead atoms. The molecule has 0 radical (unpaired) electrons. The SMILES string of the molecule is COC(=O)c1ccc(-c2cccc(OC)c2)c(C(C)(C)C)c1.COc1cccc(-c2ccc(CO)cc2C(C)(C)C)c1. The Morgan fingerprint density at radius 1 is 0.643 bits per heavy atom.